The molecule has 2 aromatic carbocycles. The van der Waals surface area contributed by atoms with Gasteiger partial charge in [-0.25, -0.2) is 9.78 Å². The molecule has 0 aliphatic rings. The van der Waals surface area contributed by atoms with Crippen molar-refractivity contribution in [1.82, 2.24) is 25.4 Å². The van der Waals surface area contributed by atoms with Gasteiger partial charge in [0.15, 0.2) is 0 Å². The molecule has 0 saturated heterocycles. The van der Waals surface area contributed by atoms with Gasteiger partial charge in [0.05, 0.1) is 23.4 Å². The summed E-state index contributed by atoms with van der Waals surface area (Å²) in [6, 6.07) is 15.2. The van der Waals surface area contributed by atoms with Crippen LogP contribution in [-0.4, -0.2) is 32.4 Å². The van der Waals surface area contributed by atoms with Crippen LogP contribution in [0.15, 0.2) is 60.9 Å². The van der Waals surface area contributed by atoms with Crippen LogP contribution in [0.3, 0.4) is 0 Å². The fourth-order valence-electron chi connectivity index (χ4n) is 4.13. The van der Waals surface area contributed by atoms with Crippen LogP contribution in [0.1, 0.15) is 60.8 Å². The van der Waals surface area contributed by atoms with Crippen molar-refractivity contribution in [2.24, 2.45) is 7.05 Å². The maximum Gasteiger partial charge on any atom is 0.407 e. The first-order chi connectivity index (χ1) is 17.5. The lowest BCUT2D eigenvalue weighted by molar-refractivity contribution is 0.0523. The zero-order valence-electron chi connectivity index (χ0n) is 22.1. The van der Waals surface area contributed by atoms with E-state index in [1.165, 1.54) is 0 Å². The van der Waals surface area contributed by atoms with Gasteiger partial charge in [-0.2, -0.15) is 5.10 Å². The quantitative estimate of drug-likeness (QED) is 0.367. The molecule has 0 radical (unpaired) electrons. The van der Waals surface area contributed by atoms with Crippen molar-refractivity contribution in [3.05, 3.63) is 83.2 Å². The number of fused-ring (bicyclic) bond motifs is 1. The highest BCUT2D eigenvalue weighted by molar-refractivity contribution is 5.96. The fraction of sp³-hybridized carbons (Fsp3) is 0.310. The Balaban J connectivity index is 1.56. The predicted molar refractivity (Wildman–Crippen MR) is 144 cm³/mol. The first-order valence-corrected chi connectivity index (χ1v) is 12.3. The third-order valence-corrected chi connectivity index (χ3v) is 5.95. The van der Waals surface area contributed by atoms with Crippen molar-refractivity contribution >= 4 is 22.9 Å². The van der Waals surface area contributed by atoms with Crippen molar-refractivity contribution in [2.75, 3.05) is 0 Å². The van der Waals surface area contributed by atoms with E-state index >= 15 is 0 Å². The molecule has 8 nitrogen and oxygen atoms in total. The molecule has 2 N–H and O–H groups in total. The highest BCUT2D eigenvalue weighted by atomic mass is 16.6. The van der Waals surface area contributed by atoms with E-state index in [2.05, 4.69) is 15.7 Å². The Morgan fingerprint density at radius 2 is 1.86 bits per heavy atom. The van der Waals surface area contributed by atoms with Crippen LogP contribution in [0.4, 0.5) is 4.79 Å². The lowest BCUT2D eigenvalue weighted by atomic mass is 9.99. The summed E-state index contributed by atoms with van der Waals surface area (Å²) in [7, 11) is 1.87. The summed E-state index contributed by atoms with van der Waals surface area (Å²) in [6.07, 6.45) is 3.20. The smallest absolute Gasteiger partial charge is 0.407 e. The highest BCUT2D eigenvalue weighted by Crippen LogP contribution is 2.29. The number of amides is 2. The molecule has 4 rings (SSSR count). The molecule has 0 saturated carbocycles. The summed E-state index contributed by atoms with van der Waals surface area (Å²) in [5.74, 6) is -0.187. The summed E-state index contributed by atoms with van der Waals surface area (Å²) in [4.78, 5) is 30.2. The molecule has 2 aromatic heterocycles. The van der Waals surface area contributed by atoms with E-state index in [4.69, 9.17) is 9.72 Å². The molecule has 0 aliphatic carbocycles. The fourth-order valence-corrected chi connectivity index (χ4v) is 4.13. The number of ether oxygens (including phenoxy) is 1. The topological polar surface area (TPSA) is 98.1 Å². The van der Waals surface area contributed by atoms with Gasteiger partial charge in [0.2, 0.25) is 0 Å². The van der Waals surface area contributed by atoms with Gasteiger partial charge in [0.1, 0.15) is 5.60 Å². The van der Waals surface area contributed by atoms with Gasteiger partial charge in [-0.05, 0) is 69.5 Å². The molecular weight excluding hydrogens is 466 g/mol. The Bertz CT molecular complexity index is 1450. The average molecular weight is 500 g/mol. The maximum atomic E-state index is 13.4. The van der Waals surface area contributed by atoms with Crippen molar-refractivity contribution in [3.8, 4) is 11.3 Å². The predicted octanol–water partition coefficient (Wildman–Crippen LogP) is 5.46. The van der Waals surface area contributed by atoms with Crippen LogP contribution in [-0.2, 0) is 18.3 Å². The number of hydrogen-bond acceptors (Lipinski definition) is 5. The lowest BCUT2D eigenvalue weighted by Gasteiger charge is -2.20. The van der Waals surface area contributed by atoms with Crippen LogP contribution in [0.2, 0.25) is 0 Å². The Labute approximate surface area is 217 Å². The van der Waals surface area contributed by atoms with Gasteiger partial charge in [0.25, 0.3) is 5.91 Å². The molecule has 0 bridgehead atoms. The number of hydrogen-bond donors (Lipinski definition) is 2. The van der Waals surface area contributed by atoms with Crippen molar-refractivity contribution in [1.29, 1.82) is 0 Å². The first kappa shape index (κ1) is 25.9. The number of rotatable bonds is 6. The molecular formula is C29H33N5O3. The minimum Gasteiger partial charge on any atom is -0.444 e. The zero-order chi connectivity index (χ0) is 26.7. The molecule has 0 unspecified atom stereocenters. The van der Waals surface area contributed by atoms with Crippen LogP contribution in [0, 0.1) is 6.92 Å². The number of carbonyl (C=O) groups is 2. The molecule has 37 heavy (non-hydrogen) atoms. The second kappa shape index (κ2) is 10.4. The number of aryl methyl sites for hydroxylation is 2. The Kier molecular flexibility index (Phi) is 7.29. The lowest BCUT2D eigenvalue weighted by Crippen LogP contribution is -2.32. The molecule has 1 atom stereocenters. The molecule has 2 amide bonds. The summed E-state index contributed by atoms with van der Waals surface area (Å²) in [5, 5.41) is 11.1. The highest BCUT2D eigenvalue weighted by Gasteiger charge is 2.19. The van der Waals surface area contributed by atoms with Gasteiger partial charge >= 0.3 is 6.09 Å². The van der Waals surface area contributed by atoms with Crippen molar-refractivity contribution in [2.45, 2.75) is 52.8 Å². The van der Waals surface area contributed by atoms with Crippen LogP contribution in [0.5, 0.6) is 0 Å². The SMILES string of the molecule is Cc1ccc(CNC(=O)OC(C)(C)C)cc1C(=O)N[C@H](C)c1cc(-c2cnn(C)c2)nc2ccccc12. The van der Waals surface area contributed by atoms with E-state index in [1.807, 2.05) is 90.3 Å². The van der Waals surface area contributed by atoms with Crippen LogP contribution >= 0.6 is 0 Å². The summed E-state index contributed by atoms with van der Waals surface area (Å²) in [5.41, 5.74) is 5.17. The minimum absolute atomic E-state index is 0.187. The van der Waals surface area contributed by atoms with E-state index < -0.39 is 11.7 Å². The third kappa shape index (κ3) is 6.33. The Morgan fingerprint density at radius 3 is 2.57 bits per heavy atom. The third-order valence-electron chi connectivity index (χ3n) is 5.95. The second-order valence-electron chi connectivity index (χ2n) is 10.2. The number of carbonyl (C=O) groups excluding carboxylic acids is 2. The second-order valence-corrected chi connectivity index (χ2v) is 10.2. The van der Waals surface area contributed by atoms with Gasteiger partial charge in [-0.3, -0.25) is 9.48 Å². The minimum atomic E-state index is -0.577. The first-order valence-electron chi connectivity index (χ1n) is 12.3. The number of alkyl carbamates (subject to hydrolysis) is 1. The molecule has 8 heteroatoms. The molecule has 2 heterocycles. The summed E-state index contributed by atoms with van der Waals surface area (Å²) < 4.78 is 7.04. The van der Waals surface area contributed by atoms with Gasteiger partial charge in [-0.15, -0.1) is 0 Å². The number of aromatic nitrogens is 3. The van der Waals surface area contributed by atoms with Gasteiger partial charge in [0, 0.05) is 36.3 Å². The Morgan fingerprint density at radius 1 is 1.11 bits per heavy atom. The monoisotopic (exact) mass is 499 g/mol. The van der Waals surface area contributed by atoms with E-state index in [1.54, 1.807) is 16.9 Å². The molecule has 0 spiro atoms. The molecule has 192 valence electrons. The van der Waals surface area contributed by atoms with E-state index in [0.29, 0.717) is 5.56 Å². The molecule has 0 aliphatic heterocycles. The zero-order valence-corrected chi connectivity index (χ0v) is 22.1. The number of pyridine rings is 1. The van der Waals surface area contributed by atoms with E-state index in [-0.39, 0.29) is 18.5 Å². The normalized spacial score (nSPS) is 12.3. The van der Waals surface area contributed by atoms with Crippen LogP contribution in [0.25, 0.3) is 22.2 Å². The number of benzene rings is 2. The van der Waals surface area contributed by atoms with Crippen molar-refractivity contribution < 1.29 is 14.3 Å². The van der Waals surface area contributed by atoms with Crippen molar-refractivity contribution in [3.63, 3.8) is 0 Å². The standard InChI is InChI=1S/C29H33N5O3/c1-18-11-12-20(15-30-28(36)37-29(3,4)5)13-23(18)27(35)32-19(2)24-14-26(21-16-31-34(6)17-21)33-25-10-8-7-9-22(24)25/h7-14,16-17,19H,15H2,1-6H3,(H,30,36)(H,32,35)/t19-/m1/s1. The number of nitrogens with zero attached hydrogens (tertiary/aromatic N) is 3. The average Bonchev–Trinajstić information content (AvgIpc) is 3.28. The Hall–Kier alpha value is -4.20. The number of para-hydroxylation sites is 1. The van der Waals surface area contributed by atoms with E-state index in [0.717, 1.165) is 38.9 Å². The summed E-state index contributed by atoms with van der Waals surface area (Å²) >= 11 is 0. The maximum absolute atomic E-state index is 13.4. The summed E-state index contributed by atoms with van der Waals surface area (Å²) in [6.45, 7) is 9.56. The largest absolute Gasteiger partial charge is 0.444 e. The molecule has 0 fully saturated rings. The van der Waals surface area contributed by atoms with Crippen LogP contribution < -0.4 is 10.6 Å². The van der Waals surface area contributed by atoms with E-state index in [9.17, 15) is 9.59 Å². The number of nitrogens with one attached hydrogen (secondary N) is 2. The van der Waals surface area contributed by atoms with Gasteiger partial charge < -0.3 is 15.4 Å². The van der Waals surface area contributed by atoms with Gasteiger partial charge in [-0.1, -0.05) is 30.3 Å². The molecule has 4 aromatic rings.